The number of likely N-dealkylation sites (N-methyl/N-ethyl adjacent to an activating group) is 1. The average molecular weight is 477 g/mol. The molecule has 0 spiro atoms. The number of rotatable bonds is 8. The van der Waals surface area contributed by atoms with E-state index in [0.717, 1.165) is 39.1 Å². The van der Waals surface area contributed by atoms with E-state index in [4.69, 9.17) is 23.7 Å². The van der Waals surface area contributed by atoms with Gasteiger partial charge in [0.1, 0.15) is 6.07 Å². The fourth-order valence-corrected chi connectivity index (χ4v) is 4.31. The Morgan fingerprint density at radius 1 is 1.06 bits per heavy atom. The highest BCUT2D eigenvalue weighted by Crippen LogP contribution is 2.44. The molecule has 35 heavy (non-hydrogen) atoms. The highest BCUT2D eigenvalue weighted by molar-refractivity contribution is 5.89. The summed E-state index contributed by atoms with van der Waals surface area (Å²) in [6.45, 7) is 6.09. The molecule has 1 saturated heterocycles. The zero-order valence-electron chi connectivity index (χ0n) is 20.0. The summed E-state index contributed by atoms with van der Waals surface area (Å²) in [4.78, 5) is 9.31. The number of nitrogens with zero attached hydrogens (tertiary/aromatic N) is 4. The molecule has 0 aliphatic carbocycles. The highest BCUT2D eigenvalue weighted by Gasteiger charge is 2.21. The predicted molar refractivity (Wildman–Crippen MR) is 130 cm³/mol. The summed E-state index contributed by atoms with van der Waals surface area (Å²) in [6, 6.07) is 12.9. The van der Waals surface area contributed by atoms with Crippen molar-refractivity contribution in [3.8, 4) is 40.6 Å². The summed E-state index contributed by atoms with van der Waals surface area (Å²) in [5.74, 6) is 3.04. The first-order chi connectivity index (χ1) is 17.2. The van der Waals surface area contributed by atoms with Gasteiger partial charge in [-0.3, -0.25) is 0 Å². The van der Waals surface area contributed by atoms with Crippen LogP contribution in [0.1, 0.15) is 12.1 Å². The van der Waals surface area contributed by atoms with Gasteiger partial charge in [0.05, 0.1) is 19.2 Å². The summed E-state index contributed by atoms with van der Waals surface area (Å²) < 4.78 is 28.8. The first kappa shape index (κ1) is 23.0. The lowest BCUT2D eigenvalue weighted by molar-refractivity contribution is 0.145. The summed E-state index contributed by atoms with van der Waals surface area (Å²) in [5.41, 5.74) is 0.783. The number of para-hydroxylation sites is 1. The van der Waals surface area contributed by atoms with Gasteiger partial charge in [0.25, 0.3) is 0 Å². The summed E-state index contributed by atoms with van der Waals surface area (Å²) >= 11 is 0. The van der Waals surface area contributed by atoms with Gasteiger partial charge in [-0.1, -0.05) is 6.07 Å². The molecule has 9 nitrogen and oxygen atoms in total. The maximum atomic E-state index is 9.68. The van der Waals surface area contributed by atoms with Gasteiger partial charge in [-0.15, -0.1) is 0 Å². The van der Waals surface area contributed by atoms with E-state index in [9.17, 15) is 5.26 Å². The second kappa shape index (κ2) is 10.3. The van der Waals surface area contributed by atoms with Crippen LogP contribution < -0.4 is 23.7 Å². The zero-order chi connectivity index (χ0) is 24.2. The second-order valence-electron chi connectivity index (χ2n) is 8.55. The molecule has 2 aliphatic heterocycles. The van der Waals surface area contributed by atoms with Gasteiger partial charge < -0.3 is 33.5 Å². The quantitative estimate of drug-likeness (QED) is 0.452. The third-order valence-electron chi connectivity index (χ3n) is 6.24. The number of pyridine rings is 1. The first-order valence-electron chi connectivity index (χ1n) is 11.7. The number of aromatic nitrogens is 1. The van der Waals surface area contributed by atoms with Crippen molar-refractivity contribution >= 4 is 10.9 Å². The van der Waals surface area contributed by atoms with Gasteiger partial charge in [-0.25, -0.2) is 4.98 Å². The van der Waals surface area contributed by atoms with Crippen LogP contribution in [-0.4, -0.2) is 75.1 Å². The maximum absolute atomic E-state index is 9.68. The minimum atomic E-state index is 0.125. The van der Waals surface area contributed by atoms with Gasteiger partial charge in [-0.05, 0) is 43.8 Å². The molecule has 0 N–H and O–H groups in total. The fraction of sp³-hybridized carbons (Fsp3) is 0.385. The van der Waals surface area contributed by atoms with Crippen molar-refractivity contribution in [1.82, 2.24) is 14.8 Å². The Bertz CT molecular complexity index is 1250. The fourth-order valence-electron chi connectivity index (χ4n) is 4.31. The molecule has 3 aromatic rings. The SMILES string of the molecule is COc1c(OCCCN2CCN(C)CC2)ccc2nc(C#N)c(Oc3cccc4c3OCO4)cc12. The molecular formula is C26H28N4O5. The van der Waals surface area contributed by atoms with Crippen molar-refractivity contribution in [1.29, 1.82) is 5.26 Å². The van der Waals surface area contributed by atoms with Crippen LogP contribution in [0.15, 0.2) is 36.4 Å². The van der Waals surface area contributed by atoms with E-state index in [1.807, 2.05) is 12.1 Å². The van der Waals surface area contributed by atoms with Gasteiger partial charge in [0.2, 0.25) is 12.5 Å². The molecule has 0 bridgehead atoms. The molecule has 1 fully saturated rings. The Kier molecular flexibility index (Phi) is 6.75. The molecule has 1 aromatic heterocycles. The Hall–Kier alpha value is -3.74. The number of benzene rings is 2. The number of piperazine rings is 1. The van der Waals surface area contributed by atoms with Crippen molar-refractivity contribution in [3.05, 3.63) is 42.1 Å². The molecule has 0 radical (unpaired) electrons. The van der Waals surface area contributed by atoms with Crippen LogP contribution in [0.2, 0.25) is 0 Å². The first-order valence-corrected chi connectivity index (χ1v) is 11.7. The number of nitriles is 1. The number of hydrogen-bond acceptors (Lipinski definition) is 9. The molecule has 3 heterocycles. The van der Waals surface area contributed by atoms with Crippen molar-refractivity contribution in [2.75, 3.05) is 60.3 Å². The third-order valence-corrected chi connectivity index (χ3v) is 6.24. The molecule has 0 amide bonds. The summed E-state index contributed by atoms with van der Waals surface area (Å²) in [7, 11) is 3.76. The maximum Gasteiger partial charge on any atom is 0.231 e. The molecule has 5 rings (SSSR count). The molecule has 182 valence electrons. The van der Waals surface area contributed by atoms with E-state index in [0.29, 0.717) is 52.0 Å². The molecule has 0 unspecified atom stereocenters. The standard InChI is InChI=1S/C26H28N4O5/c1-29-10-12-30(13-11-29)9-4-14-32-22-8-7-19-18(25(22)31-2)15-24(20(16-27)28-19)35-23-6-3-5-21-26(23)34-17-33-21/h3,5-8,15H,4,9-14,17H2,1-2H3. The highest BCUT2D eigenvalue weighted by atomic mass is 16.7. The Labute approximate surface area is 204 Å². The van der Waals surface area contributed by atoms with Crippen LogP contribution >= 0.6 is 0 Å². The smallest absolute Gasteiger partial charge is 0.231 e. The van der Waals surface area contributed by atoms with Crippen molar-refractivity contribution < 1.29 is 23.7 Å². The monoisotopic (exact) mass is 476 g/mol. The number of ether oxygens (including phenoxy) is 5. The molecule has 2 aromatic carbocycles. The molecule has 0 saturated carbocycles. The van der Waals surface area contributed by atoms with Gasteiger partial charge in [-0.2, -0.15) is 5.26 Å². The second-order valence-corrected chi connectivity index (χ2v) is 8.55. The van der Waals surface area contributed by atoms with Crippen LogP contribution in [0.5, 0.6) is 34.5 Å². The van der Waals surface area contributed by atoms with E-state index >= 15 is 0 Å². The largest absolute Gasteiger partial charge is 0.492 e. The van der Waals surface area contributed by atoms with Gasteiger partial charge in [0, 0.05) is 38.1 Å². The Balaban J connectivity index is 1.35. The topological polar surface area (TPSA) is 89.3 Å². The van der Waals surface area contributed by atoms with Crippen LogP contribution in [-0.2, 0) is 0 Å². The molecule has 2 aliphatic rings. The summed E-state index contributed by atoms with van der Waals surface area (Å²) in [6.07, 6.45) is 0.923. The minimum Gasteiger partial charge on any atom is -0.492 e. The number of methoxy groups -OCH3 is 1. The lowest BCUT2D eigenvalue weighted by Gasteiger charge is -2.32. The zero-order valence-corrected chi connectivity index (χ0v) is 20.0. The van der Waals surface area contributed by atoms with E-state index in [1.165, 1.54) is 0 Å². The van der Waals surface area contributed by atoms with Crippen LogP contribution in [0.3, 0.4) is 0 Å². The summed E-state index contributed by atoms with van der Waals surface area (Å²) in [5, 5.41) is 10.4. The van der Waals surface area contributed by atoms with Crippen molar-refractivity contribution in [2.24, 2.45) is 0 Å². The van der Waals surface area contributed by atoms with E-state index in [1.54, 1.807) is 31.4 Å². The minimum absolute atomic E-state index is 0.125. The van der Waals surface area contributed by atoms with Crippen LogP contribution in [0.4, 0.5) is 0 Å². The molecule has 0 atom stereocenters. The van der Waals surface area contributed by atoms with Gasteiger partial charge in [0.15, 0.2) is 34.4 Å². The lowest BCUT2D eigenvalue weighted by atomic mass is 10.1. The molecule has 9 heteroatoms. The van der Waals surface area contributed by atoms with Crippen molar-refractivity contribution in [3.63, 3.8) is 0 Å². The van der Waals surface area contributed by atoms with E-state index < -0.39 is 0 Å². The van der Waals surface area contributed by atoms with Crippen LogP contribution in [0, 0.1) is 11.3 Å². The predicted octanol–water partition coefficient (Wildman–Crippen LogP) is 3.65. The average Bonchev–Trinajstić information content (AvgIpc) is 3.37. The Morgan fingerprint density at radius 3 is 2.71 bits per heavy atom. The Morgan fingerprint density at radius 2 is 1.91 bits per heavy atom. The van der Waals surface area contributed by atoms with E-state index in [-0.39, 0.29) is 12.5 Å². The van der Waals surface area contributed by atoms with Gasteiger partial charge >= 0.3 is 0 Å². The van der Waals surface area contributed by atoms with Crippen LogP contribution in [0.25, 0.3) is 10.9 Å². The molecular weight excluding hydrogens is 448 g/mol. The third kappa shape index (κ3) is 4.90. The lowest BCUT2D eigenvalue weighted by Crippen LogP contribution is -2.44. The number of fused-ring (bicyclic) bond motifs is 2. The normalized spacial score (nSPS) is 15.7. The van der Waals surface area contributed by atoms with Crippen molar-refractivity contribution in [2.45, 2.75) is 6.42 Å². The number of hydrogen-bond donors (Lipinski definition) is 0. The van der Waals surface area contributed by atoms with E-state index in [2.05, 4.69) is 27.9 Å².